The van der Waals surface area contributed by atoms with Gasteiger partial charge >= 0.3 is 0 Å². The van der Waals surface area contributed by atoms with E-state index in [9.17, 15) is 4.79 Å². The van der Waals surface area contributed by atoms with Crippen LogP contribution in [0.4, 0.5) is 0 Å². The third kappa shape index (κ3) is 3.77. The second kappa shape index (κ2) is 6.99. The van der Waals surface area contributed by atoms with E-state index in [0.717, 1.165) is 9.13 Å². The van der Waals surface area contributed by atoms with Crippen LogP contribution in [0.15, 0.2) is 47.8 Å². The summed E-state index contributed by atoms with van der Waals surface area (Å²) in [7, 11) is 1.57. The van der Waals surface area contributed by atoms with Crippen molar-refractivity contribution >= 4 is 34.7 Å². The van der Waals surface area contributed by atoms with Crippen LogP contribution in [0.1, 0.15) is 15.9 Å². The Morgan fingerprint density at radius 1 is 1.45 bits per heavy atom. The minimum atomic E-state index is -0.292. The summed E-state index contributed by atoms with van der Waals surface area (Å²) in [6.07, 6.45) is 4.87. The highest BCUT2D eigenvalue weighted by Gasteiger charge is 2.07. The molecule has 0 aliphatic rings. The normalized spacial score (nSPS) is 10.5. The van der Waals surface area contributed by atoms with Gasteiger partial charge < -0.3 is 4.74 Å². The smallest absolute Gasteiger partial charge is 0.271 e. The maximum Gasteiger partial charge on any atom is 0.271 e. The SMILES string of the molecule is COc1cc(C(=O)N/N=C\c2cccnc2)ccc1I. The van der Waals surface area contributed by atoms with Crippen LogP contribution in [0.5, 0.6) is 5.75 Å². The lowest BCUT2D eigenvalue weighted by molar-refractivity contribution is 0.0955. The number of hydrogen-bond acceptors (Lipinski definition) is 4. The minimum absolute atomic E-state index is 0.292. The summed E-state index contributed by atoms with van der Waals surface area (Å²) in [5.41, 5.74) is 3.77. The van der Waals surface area contributed by atoms with Gasteiger partial charge in [0.05, 0.1) is 16.9 Å². The van der Waals surface area contributed by atoms with E-state index in [1.807, 2.05) is 12.1 Å². The Bertz CT molecular complexity index is 630. The second-order valence-corrected chi connectivity index (χ2v) is 5.00. The third-order valence-electron chi connectivity index (χ3n) is 2.48. The van der Waals surface area contributed by atoms with Crippen LogP contribution in [0.2, 0.25) is 0 Å². The fraction of sp³-hybridized carbons (Fsp3) is 0.0714. The first-order valence-corrected chi connectivity index (χ1v) is 6.85. The lowest BCUT2D eigenvalue weighted by Gasteiger charge is -2.05. The monoisotopic (exact) mass is 381 g/mol. The Morgan fingerprint density at radius 2 is 2.30 bits per heavy atom. The molecule has 0 saturated carbocycles. The van der Waals surface area contributed by atoms with Gasteiger partial charge in [0.2, 0.25) is 0 Å². The number of aromatic nitrogens is 1. The first-order chi connectivity index (χ1) is 9.70. The zero-order chi connectivity index (χ0) is 14.4. The minimum Gasteiger partial charge on any atom is -0.496 e. The quantitative estimate of drug-likeness (QED) is 0.503. The predicted molar refractivity (Wildman–Crippen MR) is 85.0 cm³/mol. The zero-order valence-corrected chi connectivity index (χ0v) is 12.9. The van der Waals surface area contributed by atoms with E-state index in [4.69, 9.17) is 4.74 Å². The standard InChI is InChI=1S/C14H12IN3O2/c1-20-13-7-11(4-5-12(13)15)14(19)18-17-9-10-3-2-6-16-8-10/h2-9H,1H3,(H,18,19)/b17-9-. The molecule has 0 atom stereocenters. The Balaban J connectivity index is 2.04. The molecule has 6 heteroatoms. The van der Waals surface area contributed by atoms with Crippen LogP contribution >= 0.6 is 22.6 Å². The lowest BCUT2D eigenvalue weighted by atomic mass is 10.2. The van der Waals surface area contributed by atoms with Gasteiger partial charge in [0.1, 0.15) is 5.75 Å². The maximum absolute atomic E-state index is 11.9. The van der Waals surface area contributed by atoms with Crippen LogP contribution in [-0.2, 0) is 0 Å². The van der Waals surface area contributed by atoms with Crippen LogP contribution in [0.3, 0.4) is 0 Å². The molecule has 0 saturated heterocycles. The molecule has 0 bridgehead atoms. The number of hydrazone groups is 1. The van der Waals surface area contributed by atoms with Gasteiger partial charge in [-0.2, -0.15) is 5.10 Å². The van der Waals surface area contributed by atoms with E-state index < -0.39 is 0 Å². The van der Waals surface area contributed by atoms with Crippen molar-refractivity contribution in [3.05, 3.63) is 57.4 Å². The molecule has 0 aliphatic heterocycles. The number of halogens is 1. The van der Waals surface area contributed by atoms with Crippen molar-refractivity contribution < 1.29 is 9.53 Å². The summed E-state index contributed by atoms with van der Waals surface area (Å²) in [6.45, 7) is 0. The molecule has 2 aromatic rings. The Hall–Kier alpha value is -1.96. The summed E-state index contributed by atoms with van der Waals surface area (Å²) in [6, 6.07) is 8.86. The third-order valence-corrected chi connectivity index (χ3v) is 3.37. The van der Waals surface area contributed by atoms with Gasteiger partial charge in [-0.15, -0.1) is 0 Å². The number of nitrogens with one attached hydrogen (secondary N) is 1. The highest BCUT2D eigenvalue weighted by atomic mass is 127. The maximum atomic E-state index is 11.9. The molecule has 0 aliphatic carbocycles. The average Bonchev–Trinajstić information content (AvgIpc) is 2.48. The summed E-state index contributed by atoms with van der Waals surface area (Å²) < 4.78 is 6.12. The molecule has 1 aromatic carbocycles. The Labute approximate surface area is 130 Å². The summed E-state index contributed by atoms with van der Waals surface area (Å²) in [5.74, 6) is 0.370. The van der Waals surface area contributed by atoms with Crippen molar-refractivity contribution in [2.45, 2.75) is 0 Å². The number of benzene rings is 1. The van der Waals surface area contributed by atoms with Gasteiger partial charge in [0.15, 0.2) is 0 Å². The van der Waals surface area contributed by atoms with E-state index in [-0.39, 0.29) is 5.91 Å². The van der Waals surface area contributed by atoms with E-state index in [2.05, 4.69) is 38.1 Å². The first kappa shape index (κ1) is 14.4. The van der Waals surface area contributed by atoms with Gasteiger partial charge in [-0.1, -0.05) is 6.07 Å². The Kier molecular flexibility index (Phi) is 5.05. The van der Waals surface area contributed by atoms with Crippen LogP contribution < -0.4 is 10.2 Å². The first-order valence-electron chi connectivity index (χ1n) is 5.77. The van der Waals surface area contributed by atoms with Gasteiger partial charge in [-0.25, -0.2) is 5.43 Å². The van der Waals surface area contributed by atoms with Crippen molar-refractivity contribution in [2.24, 2.45) is 5.10 Å². The van der Waals surface area contributed by atoms with E-state index in [1.54, 1.807) is 37.7 Å². The highest BCUT2D eigenvalue weighted by molar-refractivity contribution is 14.1. The number of pyridine rings is 1. The zero-order valence-electron chi connectivity index (χ0n) is 10.7. The summed E-state index contributed by atoms with van der Waals surface area (Å²) >= 11 is 2.14. The number of rotatable bonds is 4. The molecule has 5 nitrogen and oxygen atoms in total. The molecule has 2 rings (SSSR count). The van der Waals surface area contributed by atoms with Crippen molar-refractivity contribution in [3.63, 3.8) is 0 Å². The van der Waals surface area contributed by atoms with Gasteiger partial charge in [0, 0.05) is 23.5 Å². The van der Waals surface area contributed by atoms with Gasteiger partial charge in [-0.3, -0.25) is 9.78 Å². The molecule has 102 valence electrons. The molecule has 0 spiro atoms. The molecule has 1 amide bonds. The van der Waals surface area contributed by atoms with Crippen molar-refractivity contribution in [1.29, 1.82) is 0 Å². The highest BCUT2D eigenvalue weighted by Crippen LogP contribution is 2.21. The van der Waals surface area contributed by atoms with E-state index in [0.29, 0.717) is 11.3 Å². The number of methoxy groups -OCH3 is 1. The van der Waals surface area contributed by atoms with E-state index >= 15 is 0 Å². The molecule has 1 N–H and O–H groups in total. The molecule has 1 aromatic heterocycles. The van der Waals surface area contributed by atoms with Crippen LogP contribution in [-0.4, -0.2) is 24.2 Å². The molecule has 0 fully saturated rings. The number of hydrogen-bond donors (Lipinski definition) is 1. The second-order valence-electron chi connectivity index (χ2n) is 3.83. The lowest BCUT2D eigenvalue weighted by Crippen LogP contribution is -2.17. The fourth-order valence-corrected chi connectivity index (χ4v) is 2.04. The number of amides is 1. The van der Waals surface area contributed by atoms with Crippen LogP contribution in [0.25, 0.3) is 0 Å². The number of carbonyl (C=O) groups is 1. The van der Waals surface area contributed by atoms with Crippen LogP contribution in [0, 0.1) is 3.57 Å². The topological polar surface area (TPSA) is 63.6 Å². The molecule has 0 radical (unpaired) electrons. The number of carbonyl (C=O) groups excluding carboxylic acids is 1. The molecule has 0 unspecified atom stereocenters. The molecule has 1 heterocycles. The summed E-state index contributed by atoms with van der Waals surface area (Å²) in [5, 5.41) is 3.89. The van der Waals surface area contributed by atoms with Crippen molar-refractivity contribution in [2.75, 3.05) is 7.11 Å². The van der Waals surface area contributed by atoms with Gasteiger partial charge in [0.25, 0.3) is 5.91 Å². The molecular weight excluding hydrogens is 369 g/mol. The van der Waals surface area contributed by atoms with Crippen molar-refractivity contribution in [3.8, 4) is 5.75 Å². The molecular formula is C14H12IN3O2. The largest absolute Gasteiger partial charge is 0.496 e. The number of ether oxygens (including phenoxy) is 1. The number of nitrogens with zero attached hydrogens (tertiary/aromatic N) is 2. The molecule has 20 heavy (non-hydrogen) atoms. The fourth-order valence-electron chi connectivity index (χ4n) is 1.48. The van der Waals surface area contributed by atoms with Gasteiger partial charge in [-0.05, 0) is 46.9 Å². The van der Waals surface area contributed by atoms with Crippen molar-refractivity contribution in [1.82, 2.24) is 10.4 Å². The van der Waals surface area contributed by atoms with E-state index in [1.165, 1.54) is 6.21 Å². The average molecular weight is 381 g/mol. The predicted octanol–water partition coefficient (Wildman–Crippen LogP) is 2.46. The summed E-state index contributed by atoms with van der Waals surface area (Å²) in [4.78, 5) is 15.9. The Morgan fingerprint density at radius 3 is 3.00 bits per heavy atom.